The summed E-state index contributed by atoms with van der Waals surface area (Å²) in [5.74, 6) is 0.0257. The largest absolute Gasteiger partial charge is 0.352 e. The molecule has 2 fully saturated rings. The second kappa shape index (κ2) is 9.02. The van der Waals surface area contributed by atoms with Crippen molar-refractivity contribution in [2.75, 3.05) is 32.7 Å². The molecule has 1 aromatic carbocycles. The molecule has 4 rings (SSSR count). The van der Waals surface area contributed by atoms with Crippen LogP contribution in [-0.4, -0.2) is 70.2 Å². The molecule has 1 aliphatic heterocycles. The summed E-state index contributed by atoms with van der Waals surface area (Å²) in [6, 6.07) is 10.0. The zero-order valence-corrected chi connectivity index (χ0v) is 17.8. The van der Waals surface area contributed by atoms with Gasteiger partial charge in [0, 0.05) is 43.9 Å². The van der Waals surface area contributed by atoms with Crippen molar-refractivity contribution in [2.24, 2.45) is 0 Å². The third-order valence-corrected chi connectivity index (χ3v) is 5.80. The molecule has 2 aromatic rings. The number of hydrogen-bond acceptors (Lipinski definition) is 4. The van der Waals surface area contributed by atoms with Crippen LogP contribution in [0.1, 0.15) is 24.1 Å². The van der Waals surface area contributed by atoms with Crippen LogP contribution < -0.4 is 5.32 Å². The number of aryl methyl sites for hydroxylation is 1. The number of carbonyl (C=O) groups is 2. The zero-order valence-electron chi connectivity index (χ0n) is 17.1. The molecule has 8 heteroatoms. The van der Waals surface area contributed by atoms with Gasteiger partial charge in [0.2, 0.25) is 11.8 Å². The Morgan fingerprint density at radius 3 is 2.53 bits per heavy atom. The fraction of sp³-hybridized carbons (Fsp3) is 0.409. The van der Waals surface area contributed by atoms with Crippen LogP contribution in [0.4, 0.5) is 0 Å². The monoisotopic (exact) mass is 427 g/mol. The standard InChI is InChI=1S/C22H26ClN5O2/c1-16-19(22(23)28(25-16)18-5-3-2-4-6-18)9-10-21(30)27-13-11-26(12-14-27)15-20(29)24-17-7-8-17/h2-6,9-10,17H,7-8,11-15H2,1H3,(H,24,29). The molecule has 0 bridgehead atoms. The summed E-state index contributed by atoms with van der Waals surface area (Å²) in [4.78, 5) is 28.5. The van der Waals surface area contributed by atoms with Gasteiger partial charge in [0.05, 0.1) is 17.9 Å². The minimum absolute atomic E-state index is 0.0555. The van der Waals surface area contributed by atoms with Gasteiger partial charge in [-0.25, -0.2) is 4.68 Å². The molecule has 7 nitrogen and oxygen atoms in total. The van der Waals surface area contributed by atoms with Gasteiger partial charge >= 0.3 is 0 Å². The first-order chi connectivity index (χ1) is 14.5. The smallest absolute Gasteiger partial charge is 0.246 e. The van der Waals surface area contributed by atoms with E-state index >= 15 is 0 Å². The summed E-state index contributed by atoms with van der Waals surface area (Å²) in [5, 5.41) is 7.98. The Labute approximate surface area is 181 Å². The molecule has 2 aliphatic rings. The Morgan fingerprint density at radius 2 is 1.87 bits per heavy atom. The molecule has 0 unspecified atom stereocenters. The van der Waals surface area contributed by atoms with Gasteiger partial charge in [-0.1, -0.05) is 29.8 Å². The fourth-order valence-corrected chi connectivity index (χ4v) is 3.87. The number of aromatic nitrogens is 2. The van der Waals surface area contributed by atoms with E-state index in [9.17, 15) is 9.59 Å². The Hall–Kier alpha value is -2.64. The molecule has 1 saturated carbocycles. The number of nitrogens with zero attached hydrogens (tertiary/aromatic N) is 4. The van der Waals surface area contributed by atoms with Gasteiger partial charge in [-0.15, -0.1) is 0 Å². The Kier molecular flexibility index (Phi) is 6.20. The first-order valence-electron chi connectivity index (χ1n) is 10.3. The predicted octanol–water partition coefficient (Wildman–Crippen LogP) is 2.27. The highest BCUT2D eigenvalue weighted by molar-refractivity contribution is 6.31. The van der Waals surface area contributed by atoms with Crippen LogP contribution in [0.25, 0.3) is 11.8 Å². The minimum Gasteiger partial charge on any atom is -0.352 e. The van der Waals surface area contributed by atoms with Gasteiger partial charge in [-0.3, -0.25) is 14.5 Å². The summed E-state index contributed by atoms with van der Waals surface area (Å²) in [7, 11) is 0. The van der Waals surface area contributed by atoms with Gasteiger partial charge in [0.15, 0.2) is 0 Å². The summed E-state index contributed by atoms with van der Waals surface area (Å²) in [6.45, 7) is 4.89. The molecule has 2 amide bonds. The molecule has 158 valence electrons. The molecule has 0 radical (unpaired) electrons. The second-order valence-electron chi connectivity index (χ2n) is 7.81. The Balaban J connectivity index is 1.33. The normalized spacial score (nSPS) is 17.5. The maximum atomic E-state index is 12.6. The lowest BCUT2D eigenvalue weighted by Crippen LogP contribution is -2.51. The number of piperazine rings is 1. The molecule has 30 heavy (non-hydrogen) atoms. The molecular weight excluding hydrogens is 402 g/mol. The molecule has 0 spiro atoms. The zero-order chi connectivity index (χ0) is 21.1. The van der Waals surface area contributed by atoms with Gasteiger partial charge in [0.25, 0.3) is 0 Å². The highest BCUT2D eigenvalue weighted by Crippen LogP contribution is 2.24. The van der Waals surface area contributed by atoms with Gasteiger partial charge in [-0.2, -0.15) is 5.10 Å². The van der Waals surface area contributed by atoms with Crippen molar-refractivity contribution in [3.8, 4) is 5.69 Å². The molecule has 1 saturated heterocycles. The number of carbonyl (C=O) groups excluding carboxylic acids is 2. The number of benzene rings is 1. The van der Waals surface area contributed by atoms with E-state index in [1.165, 1.54) is 0 Å². The lowest BCUT2D eigenvalue weighted by atomic mass is 10.2. The number of rotatable bonds is 6. The van der Waals surface area contributed by atoms with Gasteiger partial charge in [0.1, 0.15) is 5.15 Å². The van der Waals surface area contributed by atoms with E-state index in [0.717, 1.165) is 29.8 Å². The maximum Gasteiger partial charge on any atom is 0.246 e. The number of halogens is 1. The van der Waals surface area contributed by atoms with E-state index in [-0.39, 0.29) is 11.8 Å². The third kappa shape index (κ3) is 4.91. The van der Waals surface area contributed by atoms with Crippen LogP contribution in [0.15, 0.2) is 36.4 Å². The quantitative estimate of drug-likeness (QED) is 0.718. The average Bonchev–Trinajstić information content (AvgIpc) is 3.51. The van der Waals surface area contributed by atoms with Crippen molar-refractivity contribution >= 4 is 29.5 Å². The van der Waals surface area contributed by atoms with Crippen LogP contribution >= 0.6 is 11.6 Å². The maximum absolute atomic E-state index is 12.6. The highest BCUT2D eigenvalue weighted by Gasteiger charge is 2.26. The molecule has 1 aliphatic carbocycles. The average molecular weight is 428 g/mol. The first kappa shape index (κ1) is 20.6. The molecule has 0 atom stereocenters. The number of hydrogen-bond donors (Lipinski definition) is 1. The van der Waals surface area contributed by atoms with Crippen molar-refractivity contribution in [3.05, 3.63) is 52.8 Å². The summed E-state index contributed by atoms with van der Waals surface area (Å²) in [6.07, 6.45) is 5.48. The van der Waals surface area contributed by atoms with Crippen LogP contribution in [0, 0.1) is 6.92 Å². The number of para-hydroxylation sites is 1. The number of nitrogens with one attached hydrogen (secondary N) is 1. The molecular formula is C22H26ClN5O2. The van der Waals surface area contributed by atoms with Crippen LogP contribution in [0.5, 0.6) is 0 Å². The van der Waals surface area contributed by atoms with Gasteiger partial charge in [-0.05, 0) is 38.0 Å². The van der Waals surface area contributed by atoms with Crippen LogP contribution in [0.3, 0.4) is 0 Å². The first-order valence-corrected chi connectivity index (χ1v) is 10.7. The fourth-order valence-electron chi connectivity index (χ4n) is 3.53. The Bertz CT molecular complexity index is 944. The summed E-state index contributed by atoms with van der Waals surface area (Å²) >= 11 is 6.52. The van der Waals surface area contributed by atoms with Crippen molar-refractivity contribution in [3.63, 3.8) is 0 Å². The summed E-state index contributed by atoms with van der Waals surface area (Å²) < 4.78 is 1.67. The van der Waals surface area contributed by atoms with E-state index < -0.39 is 0 Å². The highest BCUT2D eigenvalue weighted by atomic mass is 35.5. The van der Waals surface area contributed by atoms with Crippen molar-refractivity contribution in [1.29, 1.82) is 0 Å². The minimum atomic E-state index is -0.0555. The molecule has 1 aromatic heterocycles. The topological polar surface area (TPSA) is 70.5 Å². The Morgan fingerprint density at radius 1 is 1.17 bits per heavy atom. The third-order valence-electron chi connectivity index (χ3n) is 5.43. The lowest BCUT2D eigenvalue weighted by molar-refractivity contribution is -0.128. The molecule has 1 N–H and O–H groups in total. The number of amides is 2. The summed E-state index contributed by atoms with van der Waals surface area (Å²) in [5.41, 5.74) is 2.38. The second-order valence-corrected chi connectivity index (χ2v) is 8.17. The van der Waals surface area contributed by atoms with E-state index in [1.54, 1.807) is 21.7 Å². The van der Waals surface area contributed by atoms with Crippen molar-refractivity contribution in [2.45, 2.75) is 25.8 Å². The van der Waals surface area contributed by atoms with E-state index in [0.29, 0.717) is 43.9 Å². The SMILES string of the molecule is Cc1nn(-c2ccccc2)c(Cl)c1C=CC(=O)N1CCN(CC(=O)NC2CC2)CC1. The predicted molar refractivity (Wildman–Crippen MR) is 117 cm³/mol. The van der Waals surface area contributed by atoms with E-state index in [4.69, 9.17) is 11.6 Å². The van der Waals surface area contributed by atoms with E-state index in [1.807, 2.05) is 37.3 Å². The van der Waals surface area contributed by atoms with E-state index in [2.05, 4.69) is 15.3 Å². The van der Waals surface area contributed by atoms with Gasteiger partial charge < -0.3 is 10.2 Å². The van der Waals surface area contributed by atoms with Crippen molar-refractivity contribution < 1.29 is 9.59 Å². The molecule has 2 heterocycles. The van der Waals surface area contributed by atoms with Crippen molar-refractivity contribution in [1.82, 2.24) is 24.9 Å². The van der Waals surface area contributed by atoms with Crippen LogP contribution in [-0.2, 0) is 9.59 Å². The lowest BCUT2D eigenvalue weighted by Gasteiger charge is -2.33. The van der Waals surface area contributed by atoms with Crippen LogP contribution in [0.2, 0.25) is 5.15 Å².